The highest BCUT2D eigenvalue weighted by Crippen LogP contribution is 2.22. The number of rotatable bonds is 6. The first-order valence-electron chi connectivity index (χ1n) is 11.0. The van der Waals surface area contributed by atoms with Crippen molar-refractivity contribution in [2.24, 2.45) is 13.0 Å². The van der Waals surface area contributed by atoms with Crippen molar-refractivity contribution in [2.45, 2.75) is 39.3 Å². The molecule has 0 spiro atoms. The molecular formula is C24H29N5O3. The van der Waals surface area contributed by atoms with Gasteiger partial charge in [0.05, 0.1) is 6.10 Å². The van der Waals surface area contributed by atoms with E-state index < -0.39 is 0 Å². The van der Waals surface area contributed by atoms with Crippen LogP contribution < -0.4 is 20.5 Å². The maximum Gasteiger partial charge on any atom is 0.294 e. The fourth-order valence-corrected chi connectivity index (χ4v) is 3.99. The van der Waals surface area contributed by atoms with Crippen LogP contribution in [0.4, 0.5) is 5.82 Å². The Morgan fingerprint density at radius 2 is 1.91 bits per heavy atom. The summed E-state index contributed by atoms with van der Waals surface area (Å²) >= 11 is 0. The van der Waals surface area contributed by atoms with Crippen molar-refractivity contribution >= 4 is 22.9 Å². The summed E-state index contributed by atoms with van der Waals surface area (Å²) < 4.78 is 7.19. The molecule has 3 aromatic rings. The number of anilines is 1. The number of nitrogens with zero attached hydrogens (tertiary/aromatic N) is 4. The van der Waals surface area contributed by atoms with Gasteiger partial charge in [-0.15, -0.1) is 0 Å². The van der Waals surface area contributed by atoms with Crippen LogP contribution >= 0.6 is 0 Å². The Hall–Kier alpha value is -3.42. The summed E-state index contributed by atoms with van der Waals surface area (Å²) in [7, 11) is 1.71. The number of nitrogens with one attached hydrogen (secondary N) is 1. The van der Waals surface area contributed by atoms with E-state index in [1.165, 1.54) is 4.57 Å². The van der Waals surface area contributed by atoms with Gasteiger partial charge in [-0.1, -0.05) is 12.1 Å². The molecule has 1 N–H and O–H groups in total. The standard InChI is InChI=1S/C24H29N5O3/c1-16(2)32-19-8-6-17(7-9-19)15-26-23(30)18-10-13-29(14-11-18)22-24(31)28(3)21-20(27-22)5-4-12-25-21/h4-9,12,16,18H,10-11,13-15H2,1-3H3,(H,26,30). The molecule has 0 radical (unpaired) electrons. The topological polar surface area (TPSA) is 89.3 Å². The third-order valence-corrected chi connectivity index (χ3v) is 5.73. The normalized spacial score (nSPS) is 14.7. The van der Waals surface area contributed by atoms with Crippen molar-refractivity contribution in [3.05, 3.63) is 58.5 Å². The van der Waals surface area contributed by atoms with E-state index in [-0.39, 0.29) is 23.5 Å². The number of carbonyl (C=O) groups excluding carboxylic acids is 1. The third kappa shape index (κ3) is 4.74. The van der Waals surface area contributed by atoms with E-state index in [2.05, 4.69) is 15.3 Å². The van der Waals surface area contributed by atoms with Crippen molar-refractivity contribution in [1.82, 2.24) is 19.9 Å². The van der Waals surface area contributed by atoms with E-state index in [0.717, 1.165) is 11.3 Å². The van der Waals surface area contributed by atoms with Gasteiger partial charge in [-0.2, -0.15) is 0 Å². The van der Waals surface area contributed by atoms with Gasteiger partial charge >= 0.3 is 0 Å². The molecule has 1 amide bonds. The van der Waals surface area contributed by atoms with Gasteiger partial charge in [0.25, 0.3) is 5.56 Å². The van der Waals surface area contributed by atoms with Crippen molar-refractivity contribution < 1.29 is 9.53 Å². The monoisotopic (exact) mass is 435 g/mol. The van der Waals surface area contributed by atoms with Gasteiger partial charge in [0, 0.05) is 38.8 Å². The molecule has 1 aliphatic rings. The van der Waals surface area contributed by atoms with Crippen LogP contribution in [0.1, 0.15) is 32.3 Å². The lowest BCUT2D eigenvalue weighted by molar-refractivity contribution is -0.125. The summed E-state index contributed by atoms with van der Waals surface area (Å²) in [5.74, 6) is 1.23. The Balaban J connectivity index is 1.34. The predicted octanol–water partition coefficient (Wildman–Crippen LogP) is 2.65. The lowest BCUT2D eigenvalue weighted by Crippen LogP contribution is -2.43. The lowest BCUT2D eigenvalue weighted by atomic mass is 9.96. The first-order chi connectivity index (χ1) is 15.4. The summed E-state index contributed by atoms with van der Waals surface area (Å²) in [5, 5.41) is 3.04. The van der Waals surface area contributed by atoms with E-state index in [9.17, 15) is 9.59 Å². The van der Waals surface area contributed by atoms with Gasteiger partial charge in [0.1, 0.15) is 11.3 Å². The van der Waals surface area contributed by atoms with Crippen molar-refractivity contribution in [1.29, 1.82) is 0 Å². The minimum atomic E-state index is -0.163. The SMILES string of the molecule is CC(C)Oc1ccc(CNC(=O)C2CCN(c3nc4cccnc4n(C)c3=O)CC2)cc1. The number of pyridine rings is 1. The minimum Gasteiger partial charge on any atom is -0.491 e. The van der Waals surface area contributed by atoms with Crippen molar-refractivity contribution in [3.8, 4) is 5.75 Å². The molecule has 0 aliphatic carbocycles. The fourth-order valence-electron chi connectivity index (χ4n) is 3.99. The second-order valence-electron chi connectivity index (χ2n) is 8.44. The summed E-state index contributed by atoms with van der Waals surface area (Å²) in [5.41, 5.74) is 2.13. The average molecular weight is 436 g/mol. The highest BCUT2D eigenvalue weighted by Gasteiger charge is 2.27. The van der Waals surface area contributed by atoms with Gasteiger partial charge < -0.3 is 15.0 Å². The third-order valence-electron chi connectivity index (χ3n) is 5.73. The van der Waals surface area contributed by atoms with Crippen LogP contribution in [0.25, 0.3) is 11.2 Å². The molecule has 32 heavy (non-hydrogen) atoms. The molecule has 0 unspecified atom stereocenters. The Kier molecular flexibility index (Phi) is 6.39. The van der Waals surface area contributed by atoms with Crippen LogP contribution in [-0.2, 0) is 18.4 Å². The zero-order valence-corrected chi connectivity index (χ0v) is 18.7. The molecule has 1 aromatic carbocycles. The molecule has 8 heteroatoms. The van der Waals surface area contributed by atoms with Crippen LogP contribution in [0.3, 0.4) is 0 Å². The number of carbonyl (C=O) groups is 1. The highest BCUT2D eigenvalue weighted by molar-refractivity contribution is 5.79. The highest BCUT2D eigenvalue weighted by atomic mass is 16.5. The van der Waals surface area contributed by atoms with Gasteiger partial charge in [0.2, 0.25) is 5.91 Å². The first-order valence-corrected chi connectivity index (χ1v) is 11.0. The maximum absolute atomic E-state index is 12.8. The fraction of sp³-hybridized carbons (Fsp3) is 0.417. The van der Waals surface area contributed by atoms with Crippen LogP contribution in [0, 0.1) is 5.92 Å². The smallest absolute Gasteiger partial charge is 0.294 e. The van der Waals surface area contributed by atoms with Gasteiger partial charge in [-0.25, -0.2) is 9.97 Å². The Morgan fingerprint density at radius 3 is 2.59 bits per heavy atom. The maximum atomic E-state index is 12.8. The number of hydrogen-bond acceptors (Lipinski definition) is 6. The number of aryl methyl sites for hydroxylation is 1. The summed E-state index contributed by atoms with van der Waals surface area (Å²) in [6.45, 7) is 5.70. The summed E-state index contributed by atoms with van der Waals surface area (Å²) in [4.78, 5) is 36.2. The van der Waals surface area contributed by atoms with Crippen molar-refractivity contribution in [2.75, 3.05) is 18.0 Å². The quantitative estimate of drug-likeness (QED) is 0.640. The lowest BCUT2D eigenvalue weighted by Gasteiger charge is -2.31. The minimum absolute atomic E-state index is 0.0516. The van der Waals surface area contributed by atoms with Crippen molar-refractivity contribution in [3.63, 3.8) is 0 Å². The first kappa shape index (κ1) is 21.8. The number of benzene rings is 1. The van der Waals surface area contributed by atoms with Crippen LogP contribution in [0.2, 0.25) is 0 Å². The molecule has 0 atom stereocenters. The van der Waals surface area contributed by atoms with E-state index >= 15 is 0 Å². The molecule has 1 fully saturated rings. The average Bonchev–Trinajstić information content (AvgIpc) is 2.80. The second-order valence-corrected chi connectivity index (χ2v) is 8.44. The van der Waals surface area contributed by atoms with E-state index in [1.54, 1.807) is 13.2 Å². The molecule has 0 saturated carbocycles. The summed E-state index contributed by atoms with van der Waals surface area (Å²) in [6.07, 6.45) is 3.15. The Labute approximate surface area is 187 Å². The molecule has 8 nitrogen and oxygen atoms in total. The molecule has 0 bridgehead atoms. The van der Waals surface area contributed by atoms with Gasteiger partial charge in [-0.3, -0.25) is 14.2 Å². The van der Waals surface area contributed by atoms with E-state index in [0.29, 0.717) is 49.5 Å². The molecule has 1 saturated heterocycles. The number of piperidine rings is 1. The molecule has 1 aliphatic heterocycles. The van der Waals surface area contributed by atoms with Gasteiger partial charge in [-0.05, 0) is 56.5 Å². The van der Waals surface area contributed by atoms with Crippen LogP contribution in [-0.4, -0.2) is 39.6 Å². The number of aromatic nitrogens is 3. The van der Waals surface area contributed by atoms with Crippen LogP contribution in [0.5, 0.6) is 5.75 Å². The predicted molar refractivity (Wildman–Crippen MR) is 124 cm³/mol. The number of hydrogen-bond donors (Lipinski definition) is 1. The molecule has 3 heterocycles. The number of ether oxygens (including phenoxy) is 1. The van der Waals surface area contributed by atoms with Crippen LogP contribution in [0.15, 0.2) is 47.4 Å². The zero-order valence-electron chi connectivity index (χ0n) is 18.7. The molecule has 2 aromatic heterocycles. The van der Waals surface area contributed by atoms with E-state index in [1.807, 2.05) is 55.1 Å². The molecule has 168 valence electrons. The summed E-state index contributed by atoms with van der Waals surface area (Å²) in [6, 6.07) is 11.4. The van der Waals surface area contributed by atoms with Gasteiger partial charge in [0.15, 0.2) is 11.5 Å². The number of fused-ring (bicyclic) bond motifs is 1. The molecule has 4 rings (SSSR count). The molecular weight excluding hydrogens is 406 g/mol. The number of amides is 1. The Bertz CT molecular complexity index is 1150. The zero-order chi connectivity index (χ0) is 22.7. The largest absolute Gasteiger partial charge is 0.491 e. The second kappa shape index (κ2) is 9.38. The van der Waals surface area contributed by atoms with E-state index in [4.69, 9.17) is 4.74 Å². The Morgan fingerprint density at radius 1 is 1.19 bits per heavy atom.